The first kappa shape index (κ1) is 19.6. The molecule has 0 radical (unpaired) electrons. The van der Waals surface area contributed by atoms with Gasteiger partial charge in [0.05, 0.1) is 17.2 Å². The molecule has 0 saturated heterocycles. The molecule has 2 heterocycles. The van der Waals surface area contributed by atoms with Gasteiger partial charge in [-0.25, -0.2) is 4.98 Å². The largest absolute Gasteiger partial charge is 0.469 e. The minimum atomic E-state index is -0.164. The number of H-pyrrole nitrogens is 1. The van der Waals surface area contributed by atoms with Crippen molar-refractivity contribution in [3.63, 3.8) is 0 Å². The molecular formula is C24H23N3O3. The summed E-state index contributed by atoms with van der Waals surface area (Å²) >= 11 is 0. The summed E-state index contributed by atoms with van der Waals surface area (Å²) < 4.78 is 5.57. The Morgan fingerprint density at radius 3 is 2.63 bits per heavy atom. The number of benzene rings is 2. The number of carbonyl (C=O) groups is 1. The van der Waals surface area contributed by atoms with E-state index in [1.165, 1.54) is 0 Å². The number of fused-ring (bicyclic) bond motifs is 1. The third-order valence-corrected chi connectivity index (χ3v) is 5.05. The Balaban J connectivity index is 1.36. The fourth-order valence-electron chi connectivity index (χ4n) is 3.57. The van der Waals surface area contributed by atoms with Crippen LogP contribution in [0.25, 0.3) is 10.9 Å². The van der Waals surface area contributed by atoms with E-state index in [1.807, 2.05) is 48.5 Å². The molecule has 1 amide bonds. The van der Waals surface area contributed by atoms with Gasteiger partial charge < -0.3 is 14.7 Å². The third kappa shape index (κ3) is 4.84. The van der Waals surface area contributed by atoms with E-state index in [1.54, 1.807) is 12.3 Å². The number of carbonyl (C=O) groups excluding carboxylic acids is 1. The topological polar surface area (TPSA) is 88.0 Å². The minimum Gasteiger partial charge on any atom is -0.469 e. The molecule has 0 spiro atoms. The van der Waals surface area contributed by atoms with E-state index in [-0.39, 0.29) is 17.4 Å². The van der Waals surface area contributed by atoms with E-state index in [2.05, 4.69) is 27.4 Å². The molecule has 2 aromatic carbocycles. The lowest BCUT2D eigenvalue weighted by Gasteiger charge is -2.15. The zero-order valence-electron chi connectivity index (χ0n) is 16.5. The van der Waals surface area contributed by atoms with Crippen LogP contribution in [-0.4, -0.2) is 22.4 Å². The van der Waals surface area contributed by atoms with E-state index in [0.29, 0.717) is 36.1 Å². The van der Waals surface area contributed by atoms with E-state index < -0.39 is 0 Å². The molecule has 4 rings (SSSR count). The molecule has 0 saturated carbocycles. The lowest BCUT2D eigenvalue weighted by molar-refractivity contribution is -0.121. The highest BCUT2D eigenvalue weighted by atomic mass is 16.3. The number of para-hydroxylation sites is 1. The summed E-state index contributed by atoms with van der Waals surface area (Å²) in [5, 5.41) is 3.50. The molecule has 4 aromatic rings. The Labute approximate surface area is 174 Å². The first-order valence-corrected chi connectivity index (χ1v) is 10.0. The number of aromatic amines is 1. The number of hydrogen-bond donors (Lipinski definition) is 2. The number of nitrogens with one attached hydrogen (secondary N) is 2. The van der Waals surface area contributed by atoms with Gasteiger partial charge in [0.1, 0.15) is 11.6 Å². The van der Waals surface area contributed by atoms with Crippen LogP contribution in [0.15, 0.2) is 82.2 Å². The van der Waals surface area contributed by atoms with Crippen LogP contribution in [0.4, 0.5) is 0 Å². The maximum absolute atomic E-state index is 12.6. The van der Waals surface area contributed by atoms with Crippen molar-refractivity contribution in [3.8, 4) is 0 Å². The molecule has 30 heavy (non-hydrogen) atoms. The average molecular weight is 401 g/mol. The maximum atomic E-state index is 12.6. The SMILES string of the molecule is O=C(CC(Cc1ccccc1)c1ccco1)NCCc1nc2ccccc2c(=O)[nH]1. The molecule has 0 aliphatic heterocycles. The fraction of sp³-hybridized carbons (Fsp3) is 0.208. The first-order chi connectivity index (χ1) is 14.7. The van der Waals surface area contributed by atoms with Gasteiger partial charge in [-0.2, -0.15) is 0 Å². The highest BCUT2D eigenvalue weighted by Crippen LogP contribution is 2.25. The zero-order valence-corrected chi connectivity index (χ0v) is 16.5. The summed E-state index contributed by atoms with van der Waals surface area (Å²) in [6, 6.07) is 21.0. The fourth-order valence-corrected chi connectivity index (χ4v) is 3.57. The van der Waals surface area contributed by atoms with E-state index >= 15 is 0 Å². The summed E-state index contributed by atoms with van der Waals surface area (Å²) in [5.41, 5.74) is 1.65. The lowest BCUT2D eigenvalue weighted by atomic mass is 9.93. The number of furan rings is 1. The summed E-state index contributed by atoms with van der Waals surface area (Å²) in [7, 11) is 0. The molecule has 0 bridgehead atoms. The number of amides is 1. The summed E-state index contributed by atoms with van der Waals surface area (Å²) in [4.78, 5) is 32.0. The quantitative estimate of drug-likeness (QED) is 0.472. The second kappa shape index (κ2) is 9.22. The minimum absolute atomic E-state index is 0.0407. The third-order valence-electron chi connectivity index (χ3n) is 5.05. The normalized spacial score (nSPS) is 12.0. The second-order valence-corrected chi connectivity index (χ2v) is 7.24. The lowest BCUT2D eigenvalue weighted by Crippen LogP contribution is -2.28. The van der Waals surface area contributed by atoms with E-state index in [4.69, 9.17) is 4.42 Å². The Morgan fingerprint density at radius 2 is 1.83 bits per heavy atom. The second-order valence-electron chi connectivity index (χ2n) is 7.24. The Hall–Kier alpha value is -3.67. The van der Waals surface area contributed by atoms with Crippen LogP contribution in [0.5, 0.6) is 0 Å². The number of nitrogens with zero attached hydrogens (tertiary/aromatic N) is 1. The highest BCUT2D eigenvalue weighted by molar-refractivity contribution is 5.77. The van der Waals surface area contributed by atoms with Crippen LogP contribution < -0.4 is 10.9 Å². The van der Waals surface area contributed by atoms with Gasteiger partial charge in [-0.3, -0.25) is 9.59 Å². The molecule has 0 aliphatic carbocycles. The van der Waals surface area contributed by atoms with Gasteiger partial charge in [0.2, 0.25) is 5.91 Å². The van der Waals surface area contributed by atoms with Crippen molar-refractivity contribution in [2.45, 2.75) is 25.2 Å². The highest BCUT2D eigenvalue weighted by Gasteiger charge is 2.19. The van der Waals surface area contributed by atoms with E-state index in [9.17, 15) is 9.59 Å². The molecule has 6 heteroatoms. The van der Waals surface area contributed by atoms with E-state index in [0.717, 1.165) is 17.7 Å². The molecule has 6 nitrogen and oxygen atoms in total. The molecule has 0 aliphatic rings. The number of rotatable bonds is 8. The van der Waals surface area contributed by atoms with Gasteiger partial charge >= 0.3 is 0 Å². The average Bonchev–Trinajstić information content (AvgIpc) is 3.29. The molecule has 152 valence electrons. The van der Waals surface area contributed by atoms with Gasteiger partial charge in [0.25, 0.3) is 5.56 Å². The van der Waals surface area contributed by atoms with Crippen molar-refractivity contribution in [2.75, 3.05) is 6.54 Å². The van der Waals surface area contributed by atoms with Crippen LogP contribution in [-0.2, 0) is 17.6 Å². The van der Waals surface area contributed by atoms with Crippen molar-refractivity contribution >= 4 is 16.8 Å². The summed E-state index contributed by atoms with van der Waals surface area (Å²) in [6.07, 6.45) is 3.13. The molecule has 0 fully saturated rings. The number of hydrogen-bond acceptors (Lipinski definition) is 4. The van der Waals surface area contributed by atoms with Crippen LogP contribution in [0, 0.1) is 0 Å². The Kier molecular flexibility index (Phi) is 6.03. The van der Waals surface area contributed by atoms with Crippen LogP contribution in [0.1, 0.15) is 29.5 Å². The van der Waals surface area contributed by atoms with Crippen LogP contribution >= 0.6 is 0 Å². The maximum Gasteiger partial charge on any atom is 0.258 e. The van der Waals surface area contributed by atoms with Crippen molar-refractivity contribution in [1.82, 2.24) is 15.3 Å². The predicted molar refractivity (Wildman–Crippen MR) is 115 cm³/mol. The number of aromatic nitrogens is 2. The van der Waals surface area contributed by atoms with Gasteiger partial charge in [-0.1, -0.05) is 42.5 Å². The van der Waals surface area contributed by atoms with Gasteiger partial charge in [-0.15, -0.1) is 0 Å². The summed E-state index contributed by atoms with van der Waals surface area (Å²) in [5.74, 6) is 1.26. The molecule has 1 unspecified atom stereocenters. The van der Waals surface area contributed by atoms with Crippen LogP contribution in [0.3, 0.4) is 0 Å². The smallest absolute Gasteiger partial charge is 0.258 e. The van der Waals surface area contributed by atoms with Gasteiger partial charge in [0, 0.05) is 25.3 Å². The molecule has 1 atom stereocenters. The Bertz CT molecular complexity index is 1170. The van der Waals surface area contributed by atoms with Crippen molar-refractivity contribution < 1.29 is 9.21 Å². The molecule has 2 N–H and O–H groups in total. The molecular weight excluding hydrogens is 378 g/mol. The predicted octanol–water partition coefficient (Wildman–Crippen LogP) is 3.59. The summed E-state index contributed by atoms with van der Waals surface area (Å²) in [6.45, 7) is 0.399. The van der Waals surface area contributed by atoms with Crippen molar-refractivity contribution in [1.29, 1.82) is 0 Å². The van der Waals surface area contributed by atoms with Crippen LogP contribution in [0.2, 0.25) is 0 Å². The molecule has 2 aromatic heterocycles. The van der Waals surface area contributed by atoms with Gasteiger partial charge in [0.15, 0.2) is 0 Å². The standard InChI is InChI=1S/C24H23N3O3/c28-23(16-18(21-11-6-14-30-21)15-17-7-2-1-3-8-17)25-13-12-22-26-20-10-5-4-9-19(20)24(29)27-22/h1-11,14,18H,12-13,15-16H2,(H,25,28)(H,26,27,29). The monoisotopic (exact) mass is 401 g/mol. The van der Waals surface area contributed by atoms with Gasteiger partial charge in [-0.05, 0) is 36.2 Å². The first-order valence-electron chi connectivity index (χ1n) is 10.0. The van der Waals surface area contributed by atoms with Crippen molar-refractivity contribution in [2.24, 2.45) is 0 Å². The zero-order chi connectivity index (χ0) is 20.8. The van der Waals surface area contributed by atoms with Crippen molar-refractivity contribution in [3.05, 3.63) is 100 Å². The Morgan fingerprint density at radius 1 is 1.03 bits per heavy atom.